The summed E-state index contributed by atoms with van der Waals surface area (Å²) in [7, 11) is 0. The molecule has 2 heterocycles. The third-order valence-electron chi connectivity index (χ3n) is 3.76. The number of aromatic hydroxyl groups is 1. The van der Waals surface area contributed by atoms with E-state index in [9.17, 15) is 5.11 Å². The van der Waals surface area contributed by atoms with Crippen molar-refractivity contribution in [2.24, 2.45) is 0 Å². The van der Waals surface area contributed by atoms with Crippen LogP contribution < -0.4 is 0 Å². The summed E-state index contributed by atoms with van der Waals surface area (Å²) < 4.78 is 5.61. The Hall–Kier alpha value is -2.10. The molecule has 0 fully saturated rings. The molecule has 1 aromatic carbocycles. The molecule has 0 saturated carbocycles. The van der Waals surface area contributed by atoms with Crippen molar-refractivity contribution in [2.45, 2.75) is 18.9 Å². The molecule has 23 heavy (non-hydrogen) atoms. The van der Waals surface area contributed by atoms with Gasteiger partial charge < -0.3 is 9.84 Å². The van der Waals surface area contributed by atoms with Crippen LogP contribution in [0.3, 0.4) is 0 Å². The van der Waals surface area contributed by atoms with Crippen LogP contribution in [0, 0.1) is 0 Å². The number of benzene rings is 1. The van der Waals surface area contributed by atoms with Crippen LogP contribution in [-0.2, 0) is 4.74 Å². The normalized spacial score (nSPS) is 17.6. The molecule has 1 aliphatic rings. The number of rotatable bonds is 5. The average Bonchev–Trinajstić information content (AvgIpc) is 3.07. The maximum absolute atomic E-state index is 9.49. The summed E-state index contributed by atoms with van der Waals surface area (Å²) in [6.45, 7) is 0.692. The van der Waals surface area contributed by atoms with E-state index in [2.05, 4.69) is 11.1 Å². The van der Waals surface area contributed by atoms with Crippen molar-refractivity contribution in [3.8, 4) is 5.75 Å². The lowest BCUT2D eigenvalue weighted by molar-refractivity contribution is 0.123. The SMILES string of the molecule is Oc1ccc(/C=C(/CC[C@@H]2C=CCO2)c2ccccn2)c(Cl)c1. The molecular formula is C19H18ClNO2. The number of phenols is 1. The summed E-state index contributed by atoms with van der Waals surface area (Å²) in [5.41, 5.74) is 2.90. The summed E-state index contributed by atoms with van der Waals surface area (Å²) in [4.78, 5) is 4.45. The van der Waals surface area contributed by atoms with Crippen molar-refractivity contribution in [3.05, 3.63) is 71.0 Å². The zero-order valence-corrected chi connectivity index (χ0v) is 13.4. The molecule has 0 spiro atoms. The van der Waals surface area contributed by atoms with Crippen LogP contribution in [0.25, 0.3) is 11.6 Å². The van der Waals surface area contributed by atoms with Gasteiger partial charge in [0.05, 0.1) is 23.4 Å². The lowest BCUT2D eigenvalue weighted by Crippen LogP contribution is -2.04. The van der Waals surface area contributed by atoms with Gasteiger partial charge in [-0.3, -0.25) is 4.98 Å². The molecular weight excluding hydrogens is 310 g/mol. The van der Waals surface area contributed by atoms with Crippen molar-refractivity contribution >= 4 is 23.3 Å². The van der Waals surface area contributed by atoms with Crippen LogP contribution >= 0.6 is 11.6 Å². The Kier molecular flexibility index (Phi) is 5.11. The highest BCUT2D eigenvalue weighted by atomic mass is 35.5. The minimum Gasteiger partial charge on any atom is -0.508 e. The van der Waals surface area contributed by atoms with E-state index in [0.717, 1.165) is 29.7 Å². The molecule has 0 radical (unpaired) electrons. The quantitative estimate of drug-likeness (QED) is 0.808. The molecule has 1 N–H and O–H groups in total. The van der Waals surface area contributed by atoms with E-state index in [1.54, 1.807) is 18.3 Å². The molecule has 2 aromatic rings. The van der Waals surface area contributed by atoms with Gasteiger partial charge in [-0.05, 0) is 60.4 Å². The van der Waals surface area contributed by atoms with Crippen LogP contribution in [0.2, 0.25) is 5.02 Å². The molecule has 0 bridgehead atoms. The lowest BCUT2D eigenvalue weighted by atomic mass is 10.0. The lowest BCUT2D eigenvalue weighted by Gasteiger charge is -2.12. The molecule has 3 rings (SSSR count). The Morgan fingerprint density at radius 1 is 1.35 bits per heavy atom. The van der Waals surface area contributed by atoms with E-state index in [1.807, 2.05) is 36.4 Å². The molecule has 0 unspecified atom stereocenters. The first-order valence-corrected chi connectivity index (χ1v) is 7.99. The van der Waals surface area contributed by atoms with Crippen LogP contribution in [0.15, 0.2) is 54.7 Å². The van der Waals surface area contributed by atoms with Crippen LogP contribution in [0.4, 0.5) is 0 Å². The zero-order valence-electron chi connectivity index (χ0n) is 12.7. The second-order valence-electron chi connectivity index (χ2n) is 5.43. The summed E-state index contributed by atoms with van der Waals surface area (Å²) in [6, 6.07) is 10.9. The topological polar surface area (TPSA) is 42.4 Å². The van der Waals surface area contributed by atoms with E-state index in [0.29, 0.717) is 11.6 Å². The third-order valence-corrected chi connectivity index (χ3v) is 4.09. The number of ether oxygens (including phenoxy) is 1. The Morgan fingerprint density at radius 3 is 2.96 bits per heavy atom. The number of nitrogens with zero attached hydrogens (tertiary/aromatic N) is 1. The second-order valence-corrected chi connectivity index (χ2v) is 5.84. The number of phenolic OH excluding ortho intramolecular Hbond substituents is 1. The van der Waals surface area contributed by atoms with Gasteiger partial charge in [0.25, 0.3) is 0 Å². The Labute approximate surface area is 140 Å². The standard InChI is InChI=1S/C19H18ClNO2/c20-18-13-16(22)8-6-14(18)12-15(19-5-1-2-10-21-19)7-9-17-4-3-11-23-17/h1-6,8,10,12-13,17,22H,7,9,11H2/b15-12-/t17-/m0/s1. The van der Waals surface area contributed by atoms with Gasteiger partial charge in [0.1, 0.15) is 5.75 Å². The number of aromatic nitrogens is 1. The van der Waals surface area contributed by atoms with Gasteiger partial charge in [0, 0.05) is 6.20 Å². The molecule has 0 aliphatic carbocycles. The highest BCUT2D eigenvalue weighted by Gasteiger charge is 2.12. The number of pyridine rings is 1. The fourth-order valence-electron chi connectivity index (χ4n) is 2.57. The number of halogens is 1. The Morgan fingerprint density at radius 2 is 2.26 bits per heavy atom. The van der Waals surface area contributed by atoms with E-state index in [1.165, 1.54) is 0 Å². The molecule has 1 atom stereocenters. The van der Waals surface area contributed by atoms with Gasteiger partial charge in [0.15, 0.2) is 0 Å². The zero-order chi connectivity index (χ0) is 16.1. The monoisotopic (exact) mass is 327 g/mol. The fourth-order valence-corrected chi connectivity index (χ4v) is 2.80. The van der Waals surface area contributed by atoms with Crippen LogP contribution in [-0.4, -0.2) is 22.8 Å². The van der Waals surface area contributed by atoms with E-state index < -0.39 is 0 Å². The van der Waals surface area contributed by atoms with Crippen molar-refractivity contribution < 1.29 is 9.84 Å². The molecule has 1 aromatic heterocycles. The first-order valence-electron chi connectivity index (χ1n) is 7.61. The summed E-state index contributed by atoms with van der Waals surface area (Å²) in [5.74, 6) is 0.163. The highest BCUT2D eigenvalue weighted by molar-refractivity contribution is 6.32. The van der Waals surface area contributed by atoms with Gasteiger partial charge in [0.2, 0.25) is 0 Å². The first-order chi connectivity index (χ1) is 11.2. The maximum Gasteiger partial charge on any atom is 0.117 e. The van der Waals surface area contributed by atoms with Crippen molar-refractivity contribution in [1.29, 1.82) is 0 Å². The first kappa shape index (κ1) is 15.8. The van der Waals surface area contributed by atoms with Crippen molar-refractivity contribution in [3.63, 3.8) is 0 Å². The predicted octanol–water partition coefficient (Wildman–Crippen LogP) is 4.72. The minimum atomic E-state index is 0.163. The van der Waals surface area contributed by atoms with E-state index in [-0.39, 0.29) is 11.9 Å². The Bertz CT molecular complexity index is 725. The van der Waals surface area contributed by atoms with Crippen molar-refractivity contribution in [1.82, 2.24) is 4.98 Å². The predicted molar refractivity (Wildman–Crippen MR) is 93.3 cm³/mol. The van der Waals surface area contributed by atoms with Gasteiger partial charge in [-0.2, -0.15) is 0 Å². The fraction of sp³-hybridized carbons (Fsp3) is 0.211. The molecule has 4 heteroatoms. The van der Waals surface area contributed by atoms with Gasteiger partial charge in [-0.25, -0.2) is 0 Å². The average molecular weight is 328 g/mol. The molecule has 3 nitrogen and oxygen atoms in total. The number of allylic oxidation sites excluding steroid dienone is 1. The van der Waals surface area contributed by atoms with Gasteiger partial charge in [-0.1, -0.05) is 29.8 Å². The van der Waals surface area contributed by atoms with Crippen molar-refractivity contribution in [2.75, 3.05) is 6.61 Å². The summed E-state index contributed by atoms with van der Waals surface area (Å²) >= 11 is 6.23. The summed E-state index contributed by atoms with van der Waals surface area (Å²) in [6.07, 6.45) is 9.86. The minimum absolute atomic E-state index is 0.163. The molecule has 118 valence electrons. The van der Waals surface area contributed by atoms with Gasteiger partial charge >= 0.3 is 0 Å². The molecule has 0 saturated heterocycles. The van der Waals surface area contributed by atoms with E-state index in [4.69, 9.17) is 16.3 Å². The Balaban J connectivity index is 1.87. The van der Waals surface area contributed by atoms with E-state index >= 15 is 0 Å². The number of hydrogen-bond acceptors (Lipinski definition) is 3. The highest BCUT2D eigenvalue weighted by Crippen LogP contribution is 2.28. The maximum atomic E-state index is 9.49. The molecule has 1 aliphatic heterocycles. The third kappa shape index (κ3) is 4.21. The summed E-state index contributed by atoms with van der Waals surface area (Å²) in [5, 5.41) is 10.0. The largest absolute Gasteiger partial charge is 0.508 e. The second kappa shape index (κ2) is 7.44. The smallest absolute Gasteiger partial charge is 0.117 e. The van der Waals surface area contributed by atoms with Crippen LogP contribution in [0.5, 0.6) is 5.75 Å². The van der Waals surface area contributed by atoms with Crippen LogP contribution in [0.1, 0.15) is 24.1 Å². The number of hydrogen-bond donors (Lipinski definition) is 1. The molecule has 0 amide bonds. The van der Waals surface area contributed by atoms with Gasteiger partial charge in [-0.15, -0.1) is 0 Å².